The molecule has 0 radical (unpaired) electrons. The van der Waals surface area contributed by atoms with Crippen molar-refractivity contribution in [2.24, 2.45) is 5.73 Å². The molecule has 9 heteroatoms. The Kier molecular flexibility index (Phi) is 6.28. The number of rotatable bonds is 4. The van der Waals surface area contributed by atoms with Gasteiger partial charge in [0.15, 0.2) is 12.5 Å². The third-order valence-corrected chi connectivity index (χ3v) is 4.95. The summed E-state index contributed by atoms with van der Waals surface area (Å²) in [6.07, 6.45) is -0.673. The first-order valence-corrected chi connectivity index (χ1v) is 9.81. The summed E-state index contributed by atoms with van der Waals surface area (Å²) < 4.78 is 25.8. The van der Waals surface area contributed by atoms with E-state index < -0.39 is 11.8 Å². The van der Waals surface area contributed by atoms with Crippen LogP contribution < -0.4 is 15.5 Å². The summed E-state index contributed by atoms with van der Waals surface area (Å²) in [6, 6.07) is 4.89. The second-order valence-electron chi connectivity index (χ2n) is 8.26. The van der Waals surface area contributed by atoms with Crippen LogP contribution in [0.5, 0.6) is 0 Å². The highest BCUT2D eigenvalue weighted by molar-refractivity contribution is 5.69. The van der Waals surface area contributed by atoms with Crippen molar-refractivity contribution < 1.29 is 23.5 Å². The van der Waals surface area contributed by atoms with Crippen LogP contribution in [0, 0.1) is 5.82 Å². The number of hydrogen-bond acceptors (Lipinski definition) is 7. The van der Waals surface area contributed by atoms with Crippen molar-refractivity contribution in [2.45, 2.75) is 38.7 Å². The monoisotopic (exact) mass is 408 g/mol. The van der Waals surface area contributed by atoms with Gasteiger partial charge in [0.1, 0.15) is 11.4 Å². The molecular weight excluding hydrogens is 379 g/mol. The second kappa shape index (κ2) is 8.54. The highest BCUT2D eigenvalue weighted by Crippen LogP contribution is 2.29. The Morgan fingerprint density at radius 2 is 2.00 bits per heavy atom. The molecule has 0 bridgehead atoms. The number of piperazine rings is 1. The van der Waals surface area contributed by atoms with Crippen LogP contribution in [0.2, 0.25) is 0 Å². The molecule has 2 fully saturated rings. The molecule has 0 spiro atoms. The van der Waals surface area contributed by atoms with E-state index in [4.69, 9.17) is 15.2 Å². The Labute approximate surface area is 170 Å². The van der Waals surface area contributed by atoms with Gasteiger partial charge in [-0.15, -0.1) is 0 Å². The van der Waals surface area contributed by atoms with E-state index in [-0.39, 0.29) is 18.0 Å². The zero-order valence-corrected chi connectivity index (χ0v) is 17.1. The molecule has 2 N–H and O–H groups in total. The number of benzene rings is 1. The first-order chi connectivity index (χ1) is 13.7. The van der Waals surface area contributed by atoms with Crippen LogP contribution in [-0.2, 0) is 14.3 Å². The summed E-state index contributed by atoms with van der Waals surface area (Å²) in [5.41, 5.74) is 6.12. The maximum absolute atomic E-state index is 14.8. The maximum Gasteiger partial charge on any atom is 0.410 e. The first-order valence-electron chi connectivity index (χ1n) is 9.81. The summed E-state index contributed by atoms with van der Waals surface area (Å²) in [5, 5.41) is 0. The van der Waals surface area contributed by atoms with E-state index in [1.807, 2.05) is 25.7 Å². The van der Waals surface area contributed by atoms with Gasteiger partial charge in [0.25, 0.3) is 0 Å². The number of nitrogens with two attached hydrogens (primary N) is 1. The van der Waals surface area contributed by atoms with Crippen molar-refractivity contribution in [2.75, 3.05) is 49.1 Å². The molecule has 2 heterocycles. The predicted octanol–water partition coefficient (Wildman–Crippen LogP) is 1.57. The van der Waals surface area contributed by atoms with Gasteiger partial charge >= 0.3 is 6.09 Å². The number of aldehydes is 1. The predicted molar refractivity (Wildman–Crippen MR) is 108 cm³/mol. The molecule has 1 amide bonds. The van der Waals surface area contributed by atoms with Gasteiger partial charge in [0.05, 0.1) is 11.8 Å². The Balaban J connectivity index is 1.64. The number of nitrogens with zero attached hydrogens (tertiary/aromatic N) is 3. The van der Waals surface area contributed by atoms with Crippen molar-refractivity contribution in [3.05, 3.63) is 24.0 Å². The number of hydrogen-bond donors (Lipinski definition) is 1. The number of halogens is 1. The van der Waals surface area contributed by atoms with Crippen LogP contribution >= 0.6 is 0 Å². The minimum Gasteiger partial charge on any atom is -0.444 e. The Bertz CT molecular complexity index is 746. The van der Waals surface area contributed by atoms with E-state index >= 15 is 0 Å². The largest absolute Gasteiger partial charge is 0.444 e. The molecule has 0 saturated carbocycles. The van der Waals surface area contributed by atoms with Gasteiger partial charge in [-0.25, -0.2) is 9.18 Å². The third-order valence-electron chi connectivity index (χ3n) is 4.95. The molecule has 1 aromatic carbocycles. The van der Waals surface area contributed by atoms with Crippen LogP contribution in [0.4, 0.5) is 20.6 Å². The van der Waals surface area contributed by atoms with Crippen LogP contribution in [0.25, 0.3) is 0 Å². The number of carbonyl (C=O) groups excluding carboxylic acids is 2. The lowest BCUT2D eigenvalue weighted by atomic mass is 10.2. The Morgan fingerprint density at radius 3 is 2.55 bits per heavy atom. The Hall–Kier alpha value is -2.39. The average molecular weight is 408 g/mol. The highest BCUT2D eigenvalue weighted by Gasteiger charge is 2.33. The second-order valence-corrected chi connectivity index (χ2v) is 8.26. The molecule has 0 aliphatic carbocycles. The van der Waals surface area contributed by atoms with E-state index in [9.17, 15) is 14.0 Å². The number of anilines is 2. The van der Waals surface area contributed by atoms with Crippen LogP contribution in [0.1, 0.15) is 20.8 Å². The number of amides is 1. The molecule has 2 aliphatic heterocycles. The van der Waals surface area contributed by atoms with E-state index in [1.165, 1.54) is 6.07 Å². The number of ether oxygens (including phenoxy) is 2. The smallest absolute Gasteiger partial charge is 0.410 e. The summed E-state index contributed by atoms with van der Waals surface area (Å²) in [5.74, 6) is -0.380. The van der Waals surface area contributed by atoms with Gasteiger partial charge in [-0.05, 0) is 39.0 Å². The molecule has 2 aliphatic rings. The van der Waals surface area contributed by atoms with Crippen molar-refractivity contribution in [1.29, 1.82) is 0 Å². The molecule has 8 nitrogen and oxygen atoms in total. The van der Waals surface area contributed by atoms with Gasteiger partial charge in [-0.1, -0.05) is 0 Å². The quantitative estimate of drug-likeness (QED) is 0.757. The molecule has 1 unspecified atom stereocenters. The summed E-state index contributed by atoms with van der Waals surface area (Å²) >= 11 is 0. The fourth-order valence-electron chi connectivity index (χ4n) is 3.51. The minimum atomic E-state index is -0.758. The fourth-order valence-corrected chi connectivity index (χ4v) is 3.51. The van der Waals surface area contributed by atoms with Crippen LogP contribution in [0.3, 0.4) is 0 Å². The zero-order valence-electron chi connectivity index (χ0n) is 17.1. The van der Waals surface area contributed by atoms with Crippen molar-refractivity contribution >= 4 is 23.8 Å². The molecule has 1 aromatic rings. The first kappa shape index (κ1) is 21.3. The van der Waals surface area contributed by atoms with E-state index in [0.717, 1.165) is 0 Å². The lowest BCUT2D eigenvalue weighted by Crippen LogP contribution is -2.50. The lowest BCUT2D eigenvalue weighted by Gasteiger charge is -2.37. The summed E-state index contributed by atoms with van der Waals surface area (Å²) in [7, 11) is 0. The molecule has 160 valence electrons. The Morgan fingerprint density at radius 1 is 1.31 bits per heavy atom. The van der Waals surface area contributed by atoms with Gasteiger partial charge < -0.3 is 29.9 Å². The molecule has 2 saturated heterocycles. The van der Waals surface area contributed by atoms with Gasteiger partial charge in [0, 0.05) is 45.0 Å². The SMILES string of the molecule is CC(C)(C)OC(=O)N1CCN(c2ccc(N3C[C@H](CN)OC3C=O)cc2F)CC1. The van der Waals surface area contributed by atoms with Gasteiger partial charge in [0.2, 0.25) is 0 Å². The molecule has 2 atom stereocenters. The van der Waals surface area contributed by atoms with E-state index in [0.29, 0.717) is 56.9 Å². The topological polar surface area (TPSA) is 88.3 Å². The average Bonchev–Trinajstić information content (AvgIpc) is 3.10. The normalized spacial score (nSPS) is 22.7. The van der Waals surface area contributed by atoms with E-state index in [2.05, 4.69) is 0 Å². The highest BCUT2D eigenvalue weighted by atomic mass is 19.1. The maximum atomic E-state index is 14.8. The molecule has 0 aromatic heterocycles. The minimum absolute atomic E-state index is 0.256. The molecule has 29 heavy (non-hydrogen) atoms. The summed E-state index contributed by atoms with van der Waals surface area (Å²) in [4.78, 5) is 28.7. The zero-order chi connectivity index (χ0) is 21.2. The van der Waals surface area contributed by atoms with E-state index in [1.54, 1.807) is 21.9 Å². The molecule has 3 rings (SSSR count). The fraction of sp³-hybridized carbons (Fsp3) is 0.600. The van der Waals surface area contributed by atoms with Crippen molar-refractivity contribution in [1.82, 2.24) is 4.90 Å². The van der Waals surface area contributed by atoms with Gasteiger partial charge in [-0.3, -0.25) is 4.79 Å². The number of carbonyl (C=O) groups is 2. The van der Waals surface area contributed by atoms with Crippen molar-refractivity contribution in [3.8, 4) is 0 Å². The third kappa shape index (κ3) is 4.97. The molecular formula is C20H29FN4O4. The lowest BCUT2D eigenvalue weighted by molar-refractivity contribution is -0.117. The van der Waals surface area contributed by atoms with Gasteiger partial charge in [-0.2, -0.15) is 0 Å². The summed E-state index contributed by atoms with van der Waals surface area (Å²) in [6.45, 7) is 8.15. The standard InChI is InChI=1S/C20H29FN4O4/c1-20(2,3)29-19(27)24-8-6-23(7-9-24)17-5-4-14(10-16(17)21)25-12-15(11-22)28-18(25)13-26/h4-5,10,13,15,18H,6-9,11-12,22H2,1-3H3/t15-,18?/m0/s1. The van der Waals surface area contributed by atoms with Crippen molar-refractivity contribution in [3.63, 3.8) is 0 Å². The van der Waals surface area contributed by atoms with Crippen LogP contribution in [-0.4, -0.2) is 74.5 Å². The van der Waals surface area contributed by atoms with Crippen LogP contribution in [0.15, 0.2) is 18.2 Å².